The topological polar surface area (TPSA) is 87.1 Å². The van der Waals surface area contributed by atoms with Crippen molar-refractivity contribution in [2.75, 3.05) is 11.9 Å². The second kappa shape index (κ2) is 7.33. The smallest absolute Gasteiger partial charge is 0.321 e. The number of nitrogens with zero attached hydrogens (tertiary/aromatic N) is 2. The van der Waals surface area contributed by atoms with Crippen LogP contribution in [0.2, 0.25) is 0 Å². The van der Waals surface area contributed by atoms with Crippen LogP contribution in [-0.2, 0) is 0 Å². The third-order valence-electron chi connectivity index (χ3n) is 3.71. The lowest BCUT2D eigenvalue weighted by molar-refractivity contribution is 0.155. The molecule has 0 atom stereocenters. The maximum absolute atomic E-state index is 12.1. The van der Waals surface area contributed by atoms with Crippen molar-refractivity contribution in [3.63, 3.8) is 0 Å². The molecule has 0 bridgehead atoms. The Morgan fingerprint density at radius 1 is 1.27 bits per heavy atom. The highest BCUT2D eigenvalue weighted by molar-refractivity contribution is 7.10. The van der Waals surface area contributed by atoms with Gasteiger partial charge in [-0.15, -0.1) is 0 Å². The van der Waals surface area contributed by atoms with Gasteiger partial charge in [0.2, 0.25) is 5.13 Å². The molecule has 7 heteroatoms. The number of rotatable bonds is 6. The van der Waals surface area contributed by atoms with Crippen LogP contribution in [0.15, 0.2) is 30.3 Å². The fraction of sp³-hybridized carbons (Fsp3) is 0.400. The summed E-state index contributed by atoms with van der Waals surface area (Å²) in [7, 11) is 0. The number of aliphatic hydroxyl groups excluding tert-OH is 1. The molecular formula is C15H20N4O2S. The highest BCUT2D eigenvalue weighted by atomic mass is 32.1. The van der Waals surface area contributed by atoms with Gasteiger partial charge in [0.1, 0.15) is 0 Å². The Bertz CT molecular complexity index is 603. The molecule has 0 radical (unpaired) electrons. The average Bonchev–Trinajstić information content (AvgIpc) is 3.02. The van der Waals surface area contributed by atoms with Gasteiger partial charge in [0.05, 0.1) is 12.1 Å². The summed E-state index contributed by atoms with van der Waals surface area (Å²) in [5.74, 6) is 0.584. The molecule has 2 aromatic rings. The monoisotopic (exact) mass is 320 g/mol. The largest absolute Gasteiger partial charge is 0.394 e. The summed E-state index contributed by atoms with van der Waals surface area (Å²) in [6, 6.07) is 9.19. The highest BCUT2D eigenvalue weighted by Gasteiger charge is 2.27. The zero-order valence-corrected chi connectivity index (χ0v) is 13.5. The van der Waals surface area contributed by atoms with E-state index in [2.05, 4.69) is 20.0 Å². The summed E-state index contributed by atoms with van der Waals surface area (Å²) in [4.78, 5) is 16.4. The fourth-order valence-corrected chi connectivity index (χ4v) is 2.62. The van der Waals surface area contributed by atoms with Crippen molar-refractivity contribution in [2.45, 2.75) is 32.2 Å². The second-order valence-electron chi connectivity index (χ2n) is 5.01. The van der Waals surface area contributed by atoms with E-state index in [0.29, 0.717) is 23.8 Å². The van der Waals surface area contributed by atoms with E-state index in [1.165, 1.54) is 0 Å². The molecule has 0 spiro atoms. The van der Waals surface area contributed by atoms with Gasteiger partial charge in [0.25, 0.3) is 0 Å². The van der Waals surface area contributed by atoms with Gasteiger partial charge in [0.15, 0.2) is 5.82 Å². The van der Waals surface area contributed by atoms with Gasteiger partial charge in [-0.05, 0) is 12.8 Å². The molecule has 1 aromatic carbocycles. The summed E-state index contributed by atoms with van der Waals surface area (Å²) in [6.45, 7) is 3.76. The molecule has 2 rings (SSSR count). The number of urea groups is 1. The van der Waals surface area contributed by atoms with E-state index in [0.717, 1.165) is 17.1 Å². The van der Waals surface area contributed by atoms with Gasteiger partial charge in [-0.1, -0.05) is 44.2 Å². The molecule has 22 heavy (non-hydrogen) atoms. The van der Waals surface area contributed by atoms with Crippen molar-refractivity contribution in [1.82, 2.24) is 14.7 Å². The van der Waals surface area contributed by atoms with Crippen molar-refractivity contribution in [3.8, 4) is 11.4 Å². The fourth-order valence-electron chi connectivity index (χ4n) is 2.04. The van der Waals surface area contributed by atoms with Crippen molar-refractivity contribution in [2.24, 2.45) is 0 Å². The first kappa shape index (κ1) is 16.4. The standard InChI is InChI=1S/C15H20N4O2S/c1-3-15(4-2,10-20)18-13(21)17-14-16-12(19-22-14)11-8-6-5-7-9-11/h5-9,20H,3-4,10H2,1-2H3,(H2,16,17,18,19,21). The van der Waals surface area contributed by atoms with Gasteiger partial charge < -0.3 is 10.4 Å². The quantitative estimate of drug-likeness (QED) is 0.764. The van der Waals surface area contributed by atoms with Crippen molar-refractivity contribution in [3.05, 3.63) is 30.3 Å². The van der Waals surface area contributed by atoms with Gasteiger partial charge >= 0.3 is 6.03 Å². The molecule has 0 saturated carbocycles. The molecule has 0 aliphatic carbocycles. The van der Waals surface area contributed by atoms with Crippen LogP contribution in [0.25, 0.3) is 11.4 Å². The number of amides is 2. The van der Waals surface area contributed by atoms with Crippen LogP contribution in [0.1, 0.15) is 26.7 Å². The van der Waals surface area contributed by atoms with Crippen LogP contribution in [0.3, 0.4) is 0 Å². The predicted molar refractivity (Wildman–Crippen MR) is 87.9 cm³/mol. The predicted octanol–water partition coefficient (Wildman–Crippen LogP) is 2.88. The molecule has 0 aliphatic heterocycles. The third-order valence-corrected chi connectivity index (χ3v) is 4.34. The zero-order chi connectivity index (χ0) is 16.0. The number of carbonyl (C=O) groups is 1. The van der Waals surface area contributed by atoms with E-state index in [-0.39, 0.29) is 12.6 Å². The Hall–Kier alpha value is -1.99. The Kier molecular flexibility index (Phi) is 5.46. The molecule has 0 aliphatic rings. The summed E-state index contributed by atoms with van der Waals surface area (Å²) in [5.41, 5.74) is 0.302. The van der Waals surface area contributed by atoms with E-state index in [4.69, 9.17) is 0 Å². The lowest BCUT2D eigenvalue weighted by Gasteiger charge is -2.30. The van der Waals surface area contributed by atoms with Crippen molar-refractivity contribution >= 4 is 22.7 Å². The number of nitrogens with one attached hydrogen (secondary N) is 2. The maximum Gasteiger partial charge on any atom is 0.321 e. The van der Waals surface area contributed by atoms with E-state index in [1.54, 1.807) is 0 Å². The van der Waals surface area contributed by atoms with E-state index in [9.17, 15) is 9.90 Å². The van der Waals surface area contributed by atoms with Gasteiger partial charge in [-0.25, -0.2) is 4.79 Å². The Morgan fingerprint density at radius 2 is 1.95 bits per heavy atom. The second-order valence-corrected chi connectivity index (χ2v) is 5.77. The van der Waals surface area contributed by atoms with Crippen LogP contribution >= 0.6 is 11.5 Å². The van der Waals surface area contributed by atoms with Crippen LogP contribution in [0, 0.1) is 0 Å². The maximum atomic E-state index is 12.1. The molecule has 1 heterocycles. The molecule has 6 nitrogen and oxygen atoms in total. The Morgan fingerprint density at radius 3 is 2.55 bits per heavy atom. The van der Waals surface area contributed by atoms with Crippen molar-refractivity contribution < 1.29 is 9.90 Å². The minimum atomic E-state index is -0.600. The number of anilines is 1. The van der Waals surface area contributed by atoms with E-state index >= 15 is 0 Å². The summed E-state index contributed by atoms with van der Waals surface area (Å²) in [6.07, 6.45) is 1.30. The average molecular weight is 320 g/mol. The lowest BCUT2D eigenvalue weighted by Crippen LogP contribution is -2.51. The number of carbonyl (C=O) groups excluding carboxylic acids is 1. The molecule has 0 fully saturated rings. The number of hydrogen-bond donors (Lipinski definition) is 3. The lowest BCUT2D eigenvalue weighted by atomic mass is 9.94. The number of hydrogen-bond acceptors (Lipinski definition) is 5. The molecule has 1 aromatic heterocycles. The van der Waals surface area contributed by atoms with E-state index in [1.807, 2.05) is 44.2 Å². The molecule has 3 N–H and O–H groups in total. The normalized spacial score (nSPS) is 11.2. The number of aliphatic hydroxyl groups is 1. The van der Waals surface area contributed by atoms with Gasteiger partial charge in [-0.3, -0.25) is 5.32 Å². The third kappa shape index (κ3) is 3.80. The Balaban J connectivity index is 2.02. The number of aromatic nitrogens is 2. The molecule has 0 saturated heterocycles. The summed E-state index contributed by atoms with van der Waals surface area (Å²) < 4.78 is 4.24. The minimum Gasteiger partial charge on any atom is -0.394 e. The van der Waals surface area contributed by atoms with Crippen LogP contribution < -0.4 is 10.6 Å². The molecular weight excluding hydrogens is 300 g/mol. The first-order chi connectivity index (χ1) is 10.6. The summed E-state index contributed by atoms with van der Waals surface area (Å²) in [5, 5.41) is 15.4. The molecule has 118 valence electrons. The minimum absolute atomic E-state index is 0.0984. The Labute approximate surface area is 133 Å². The first-order valence-electron chi connectivity index (χ1n) is 7.21. The SMILES string of the molecule is CCC(CC)(CO)NC(=O)Nc1nc(-c2ccccc2)ns1. The van der Waals surface area contributed by atoms with Crippen LogP contribution in [0.4, 0.5) is 9.93 Å². The van der Waals surface area contributed by atoms with Gasteiger partial charge in [0, 0.05) is 17.1 Å². The first-order valence-corrected chi connectivity index (χ1v) is 7.99. The van der Waals surface area contributed by atoms with Crippen LogP contribution in [-0.4, -0.2) is 32.6 Å². The molecule has 2 amide bonds. The van der Waals surface area contributed by atoms with Crippen LogP contribution in [0.5, 0.6) is 0 Å². The zero-order valence-electron chi connectivity index (χ0n) is 12.7. The summed E-state index contributed by atoms with van der Waals surface area (Å²) >= 11 is 1.13. The molecule has 0 unspecified atom stereocenters. The number of benzene rings is 1. The van der Waals surface area contributed by atoms with E-state index < -0.39 is 5.54 Å². The van der Waals surface area contributed by atoms with Gasteiger partial charge in [-0.2, -0.15) is 9.36 Å². The van der Waals surface area contributed by atoms with Crippen molar-refractivity contribution in [1.29, 1.82) is 0 Å². The highest BCUT2D eigenvalue weighted by Crippen LogP contribution is 2.21.